The van der Waals surface area contributed by atoms with Gasteiger partial charge in [-0.3, -0.25) is 4.79 Å². The summed E-state index contributed by atoms with van der Waals surface area (Å²) < 4.78 is 2.95. The first-order chi connectivity index (χ1) is 15.0. The van der Waals surface area contributed by atoms with E-state index in [0.29, 0.717) is 31.6 Å². The van der Waals surface area contributed by atoms with Crippen LogP contribution in [0.5, 0.6) is 0 Å². The van der Waals surface area contributed by atoms with Crippen LogP contribution in [0.3, 0.4) is 0 Å². The lowest BCUT2D eigenvalue weighted by molar-refractivity contribution is -0.00218. The van der Waals surface area contributed by atoms with Crippen molar-refractivity contribution < 1.29 is 9.90 Å². The van der Waals surface area contributed by atoms with Gasteiger partial charge in [0.05, 0.1) is 21.5 Å². The zero-order valence-corrected chi connectivity index (χ0v) is 18.2. The number of nitrogens with zero attached hydrogens (tertiary/aromatic N) is 4. The maximum atomic E-state index is 13.1. The van der Waals surface area contributed by atoms with Crippen molar-refractivity contribution in [2.45, 2.75) is 31.8 Å². The summed E-state index contributed by atoms with van der Waals surface area (Å²) in [6, 6.07) is 14.1. The summed E-state index contributed by atoms with van der Waals surface area (Å²) in [5.74, 6) is -0.0566. The second-order valence-corrected chi connectivity index (χ2v) is 9.30. The molecule has 5 rings (SSSR count). The van der Waals surface area contributed by atoms with Crippen LogP contribution in [-0.4, -0.2) is 49.4 Å². The fourth-order valence-corrected chi connectivity index (χ4v) is 4.88. The van der Waals surface area contributed by atoms with Gasteiger partial charge in [0, 0.05) is 25.5 Å². The Balaban J connectivity index is 1.41. The molecule has 4 heterocycles. The quantitative estimate of drug-likeness (QED) is 0.528. The minimum absolute atomic E-state index is 0.0566. The van der Waals surface area contributed by atoms with E-state index in [1.54, 1.807) is 22.4 Å². The monoisotopic (exact) mass is 432 g/mol. The van der Waals surface area contributed by atoms with Crippen LogP contribution in [0.15, 0.2) is 60.2 Å². The van der Waals surface area contributed by atoms with Gasteiger partial charge in [0.1, 0.15) is 5.69 Å². The summed E-state index contributed by atoms with van der Waals surface area (Å²) in [6.45, 7) is 2.94. The largest absolute Gasteiger partial charge is 0.390 e. The Morgan fingerprint density at radius 3 is 2.68 bits per heavy atom. The van der Waals surface area contributed by atoms with Gasteiger partial charge >= 0.3 is 0 Å². The standard InChI is InChI=1S/C24H24N4O2S/c1-24(30)8-12-27(13-9-24)23(29)21-16-18(22-20(26-21)7-14-31-22)15-17-3-5-19(6-4-17)28-11-2-10-25-28/h2-7,10-11,14,16,30H,8-9,12-13,15H2,1H3. The van der Waals surface area contributed by atoms with Gasteiger partial charge in [-0.05, 0) is 73.0 Å². The molecular weight excluding hydrogens is 408 g/mol. The highest BCUT2D eigenvalue weighted by Crippen LogP contribution is 2.28. The molecule has 1 amide bonds. The highest BCUT2D eigenvalue weighted by molar-refractivity contribution is 7.17. The van der Waals surface area contributed by atoms with Crippen LogP contribution >= 0.6 is 11.3 Å². The molecule has 3 aromatic heterocycles. The zero-order valence-electron chi connectivity index (χ0n) is 17.4. The molecule has 1 aliphatic heterocycles. The summed E-state index contributed by atoms with van der Waals surface area (Å²) in [5.41, 5.74) is 3.96. The summed E-state index contributed by atoms with van der Waals surface area (Å²) in [6.07, 6.45) is 5.60. The van der Waals surface area contributed by atoms with Crippen molar-refractivity contribution >= 4 is 27.5 Å². The molecule has 4 aromatic rings. The number of benzene rings is 1. The van der Waals surface area contributed by atoms with Gasteiger partial charge in [0.25, 0.3) is 5.91 Å². The Kier molecular flexibility index (Phi) is 5.08. The number of thiophene rings is 1. The van der Waals surface area contributed by atoms with E-state index in [2.05, 4.69) is 34.3 Å². The van der Waals surface area contributed by atoms with E-state index >= 15 is 0 Å². The SMILES string of the molecule is CC1(O)CCN(C(=O)c2cc(Cc3ccc(-n4cccn4)cc3)c3sccc3n2)CC1. The molecule has 31 heavy (non-hydrogen) atoms. The zero-order chi connectivity index (χ0) is 21.4. The molecule has 7 heteroatoms. The second-order valence-electron chi connectivity index (χ2n) is 8.38. The van der Waals surface area contributed by atoms with Crippen molar-refractivity contribution in [3.8, 4) is 5.69 Å². The maximum absolute atomic E-state index is 13.1. The number of aliphatic hydroxyl groups is 1. The van der Waals surface area contributed by atoms with Gasteiger partial charge in [0.15, 0.2) is 0 Å². The molecule has 0 saturated carbocycles. The number of hydrogen-bond donors (Lipinski definition) is 1. The van der Waals surface area contributed by atoms with Gasteiger partial charge < -0.3 is 10.0 Å². The van der Waals surface area contributed by atoms with E-state index in [4.69, 9.17) is 0 Å². The summed E-state index contributed by atoms with van der Waals surface area (Å²) in [4.78, 5) is 19.6. The molecule has 0 bridgehead atoms. The summed E-state index contributed by atoms with van der Waals surface area (Å²) >= 11 is 1.66. The molecule has 1 fully saturated rings. The molecule has 1 aliphatic rings. The molecule has 1 N–H and O–H groups in total. The van der Waals surface area contributed by atoms with Crippen LogP contribution in [0.4, 0.5) is 0 Å². The topological polar surface area (TPSA) is 71.2 Å². The number of carbonyl (C=O) groups is 1. The number of pyridine rings is 1. The lowest BCUT2D eigenvalue weighted by Crippen LogP contribution is -2.45. The summed E-state index contributed by atoms with van der Waals surface area (Å²) in [5, 5.41) is 16.5. The fraction of sp³-hybridized carbons (Fsp3) is 0.292. The number of carbonyl (C=O) groups excluding carboxylic acids is 1. The Bertz CT molecular complexity index is 1200. The predicted molar refractivity (Wildman–Crippen MR) is 122 cm³/mol. The molecular formula is C24H24N4O2S. The van der Waals surface area contributed by atoms with Crippen LogP contribution in [0.1, 0.15) is 41.4 Å². The maximum Gasteiger partial charge on any atom is 0.272 e. The van der Waals surface area contributed by atoms with Crippen molar-refractivity contribution in [2.24, 2.45) is 0 Å². The fourth-order valence-electron chi connectivity index (χ4n) is 4.03. The number of likely N-dealkylation sites (tertiary alicyclic amines) is 1. The lowest BCUT2D eigenvalue weighted by atomic mass is 9.93. The minimum atomic E-state index is -0.686. The number of hydrogen-bond acceptors (Lipinski definition) is 5. The molecule has 1 aromatic carbocycles. The van der Waals surface area contributed by atoms with Crippen LogP contribution in [0, 0.1) is 0 Å². The van der Waals surface area contributed by atoms with Crippen LogP contribution in [0.25, 0.3) is 15.9 Å². The second kappa shape index (κ2) is 7.90. The average Bonchev–Trinajstić information content (AvgIpc) is 3.46. The predicted octanol–water partition coefficient (Wildman–Crippen LogP) is 4.06. The van der Waals surface area contributed by atoms with Gasteiger partial charge in [0.2, 0.25) is 0 Å². The number of rotatable bonds is 4. The third-order valence-electron chi connectivity index (χ3n) is 5.93. The first kappa shape index (κ1) is 19.9. The molecule has 0 atom stereocenters. The van der Waals surface area contributed by atoms with E-state index in [9.17, 15) is 9.90 Å². The van der Waals surface area contributed by atoms with Gasteiger partial charge in [-0.2, -0.15) is 5.10 Å². The normalized spacial score (nSPS) is 16.0. The number of fused-ring (bicyclic) bond motifs is 1. The van der Waals surface area contributed by atoms with E-state index < -0.39 is 5.60 Å². The van der Waals surface area contributed by atoms with Gasteiger partial charge in [-0.15, -0.1) is 11.3 Å². The first-order valence-electron chi connectivity index (χ1n) is 10.5. The highest BCUT2D eigenvalue weighted by atomic mass is 32.1. The molecule has 6 nitrogen and oxygen atoms in total. The van der Waals surface area contributed by atoms with E-state index in [0.717, 1.165) is 27.9 Å². The van der Waals surface area contributed by atoms with Gasteiger partial charge in [-0.1, -0.05) is 12.1 Å². The van der Waals surface area contributed by atoms with E-state index in [-0.39, 0.29) is 5.91 Å². The Morgan fingerprint density at radius 2 is 1.97 bits per heavy atom. The number of amides is 1. The number of aromatic nitrogens is 3. The highest BCUT2D eigenvalue weighted by Gasteiger charge is 2.30. The Morgan fingerprint density at radius 1 is 1.19 bits per heavy atom. The van der Waals surface area contributed by atoms with E-state index in [1.165, 1.54) is 5.56 Å². The molecule has 0 radical (unpaired) electrons. The molecule has 0 spiro atoms. The smallest absolute Gasteiger partial charge is 0.272 e. The molecule has 1 saturated heterocycles. The van der Waals surface area contributed by atoms with Crippen LogP contribution in [0.2, 0.25) is 0 Å². The first-order valence-corrected chi connectivity index (χ1v) is 11.3. The van der Waals surface area contributed by atoms with Crippen molar-refractivity contribution in [2.75, 3.05) is 13.1 Å². The Labute approximate surface area is 184 Å². The van der Waals surface area contributed by atoms with Crippen molar-refractivity contribution in [1.29, 1.82) is 0 Å². The van der Waals surface area contributed by atoms with Crippen LogP contribution in [-0.2, 0) is 6.42 Å². The minimum Gasteiger partial charge on any atom is -0.390 e. The van der Waals surface area contributed by atoms with Crippen molar-refractivity contribution in [3.05, 3.63) is 77.1 Å². The van der Waals surface area contributed by atoms with Gasteiger partial charge in [-0.25, -0.2) is 9.67 Å². The average molecular weight is 433 g/mol. The van der Waals surface area contributed by atoms with E-state index in [1.807, 2.05) is 41.4 Å². The third-order valence-corrected chi connectivity index (χ3v) is 6.91. The third kappa shape index (κ3) is 4.11. The van der Waals surface area contributed by atoms with Crippen molar-refractivity contribution in [3.63, 3.8) is 0 Å². The van der Waals surface area contributed by atoms with Crippen LogP contribution < -0.4 is 0 Å². The molecule has 158 valence electrons. The van der Waals surface area contributed by atoms with Crippen molar-refractivity contribution in [1.82, 2.24) is 19.7 Å². The summed E-state index contributed by atoms with van der Waals surface area (Å²) in [7, 11) is 0. The lowest BCUT2D eigenvalue weighted by Gasteiger charge is -2.35. The number of piperidine rings is 1. The Hall–Kier alpha value is -3.03. The molecule has 0 aliphatic carbocycles. The molecule has 0 unspecified atom stereocenters.